The SMILES string of the molecule is Cl.NC1CCCC(C(=O)Nc2cccc(NC(=O)c3ccccc3)c2)C1. The summed E-state index contributed by atoms with van der Waals surface area (Å²) in [6.45, 7) is 0. The zero-order valence-corrected chi connectivity index (χ0v) is 15.3. The predicted molar refractivity (Wildman–Crippen MR) is 107 cm³/mol. The highest BCUT2D eigenvalue weighted by Gasteiger charge is 2.25. The van der Waals surface area contributed by atoms with Crippen LogP contribution in [0.3, 0.4) is 0 Å². The number of halogens is 1. The molecule has 0 saturated heterocycles. The van der Waals surface area contributed by atoms with E-state index in [2.05, 4.69) is 10.6 Å². The Morgan fingerprint density at radius 3 is 2.31 bits per heavy atom. The molecule has 2 unspecified atom stereocenters. The van der Waals surface area contributed by atoms with E-state index in [0.717, 1.165) is 25.7 Å². The summed E-state index contributed by atoms with van der Waals surface area (Å²) in [6.07, 6.45) is 3.59. The molecule has 2 atom stereocenters. The molecule has 0 aliphatic heterocycles. The van der Waals surface area contributed by atoms with E-state index in [-0.39, 0.29) is 36.2 Å². The fourth-order valence-electron chi connectivity index (χ4n) is 3.18. The number of carbonyl (C=O) groups excluding carboxylic acids is 2. The van der Waals surface area contributed by atoms with Crippen LogP contribution in [0.15, 0.2) is 54.6 Å². The number of carbonyl (C=O) groups is 2. The van der Waals surface area contributed by atoms with Crippen molar-refractivity contribution < 1.29 is 9.59 Å². The van der Waals surface area contributed by atoms with E-state index >= 15 is 0 Å². The molecule has 138 valence electrons. The maximum Gasteiger partial charge on any atom is 0.255 e. The van der Waals surface area contributed by atoms with E-state index in [1.54, 1.807) is 24.3 Å². The number of hydrogen-bond donors (Lipinski definition) is 3. The minimum absolute atomic E-state index is 0. The normalized spacial score (nSPS) is 19.1. The van der Waals surface area contributed by atoms with Crippen molar-refractivity contribution in [1.29, 1.82) is 0 Å². The van der Waals surface area contributed by atoms with Crippen LogP contribution in [0.2, 0.25) is 0 Å². The van der Waals surface area contributed by atoms with Crippen molar-refractivity contribution in [3.05, 3.63) is 60.2 Å². The molecule has 0 aromatic heterocycles. The molecule has 1 fully saturated rings. The van der Waals surface area contributed by atoms with E-state index in [0.29, 0.717) is 16.9 Å². The minimum atomic E-state index is -0.178. The second kappa shape index (κ2) is 9.36. The van der Waals surface area contributed by atoms with E-state index in [1.165, 1.54) is 0 Å². The van der Waals surface area contributed by atoms with Gasteiger partial charge < -0.3 is 16.4 Å². The highest BCUT2D eigenvalue weighted by molar-refractivity contribution is 6.04. The van der Waals surface area contributed by atoms with Crippen molar-refractivity contribution in [2.75, 3.05) is 10.6 Å². The Kier molecular flexibility index (Phi) is 7.18. The number of amides is 2. The molecule has 2 amide bonds. The summed E-state index contributed by atoms with van der Waals surface area (Å²) in [6, 6.07) is 16.3. The molecule has 6 heteroatoms. The summed E-state index contributed by atoms with van der Waals surface area (Å²) in [7, 11) is 0. The highest BCUT2D eigenvalue weighted by atomic mass is 35.5. The monoisotopic (exact) mass is 373 g/mol. The average Bonchev–Trinajstić information content (AvgIpc) is 2.63. The van der Waals surface area contributed by atoms with Gasteiger partial charge in [-0.1, -0.05) is 30.7 Å². The van der Waals surface area contributed by atoms with Crippen molar-refractivity contribution in [3.63, 3.8) is 0 Å². The first-order valence-electron chi connectivity index (χ1n) is 8.65. The summed E-state index contributed by atoms with van der Waals surface area (Å²) in [5, 5.41) is 5.79. The molecule has 3 rings (SSSR count). The van der Waals surface area contributed by atoms with E-state index in [4.69, 9.17) is 5.73 Å². The van der Waals surface area contributed by atoms with Gasteiger partial charge in [-0.15, -0.1) is 12.4 Å². The van der Waals surface area contributed by atoms with Crippen molar-refractivity contribution >= 4 is 35.6 Å². The van der Waals surface area contributed by atoms with Crippen LogP contribution in [-0.2, 0) is 4.79 Å². The Balaban J connectivity index is 0.00000243. The van der Waals surface area contributed by atoms with Gasteiger partial charge in [0, 0.05) is 28.9 Å². The quantitative estimate of drug-likeness (QED) is 0.761. The molecule has 26 heavy (non-hydrogen) atoms. The van der Waals surface area contributed by atoms with Crippen LogP contribution in [0.4, 0.5) is 11.4 Å². The molecular formula is C20H24ClN3O2. The van der Waals surface area contributed by atoms with Gasteiger partial charge in [0.15, 0.2) is 0 Å². The number of nitrogens with two attached hydrogens (primary N) is 1. The van der Waals surface area contributed by atoms with Crippen LogP contribution >= 0.6 is 12.4 Å². The van der Waals surface area contributed by atoms with Crippen LogP contribution in [0.5, 0.6) is 0 Å². The van der Waals surface area contributed by atoms with Crippen LogP contribution in [-0.4, -0.2) is 17.9 Å². The lowest BCUT2D eigenvalue weighted by Crippen LogP contribution is -2.34. The zero-order valence-electron chi connectivity index (χ0n) is 14.5. The first kappa shape index (κ1) is 19.9. The third-order valence-corrected chi connectivity index (χ3v) is 4.51. The predicted octanol–water partition coefficient (Wildman–Crippen LogP) is 3.82. The molecule has 1 aliphatic carbocycles. The topological polar surface area (TPSA) is 84.2 Å². The first-order chi connectivity index (χ1) is 12.1. The molecule has 1 saturated carbocycles. The van der Waals surface area contributed by atoms with Crippen molar-refractivity contribution in [3.8, 4) is 0 Å². The maximum absolute atomic E-state index is 12.4. The van der Waals surface area contributed by atoms with Crippen molar-refractivity contribution in [2.45, 2.75) is 31.7 Å². The highest BCUT2D eigenvalue weighted by Crippen LogP contribution is 2.25. The summed E-state index contributed by atoms with van der Waals surface area (Å²) < 4.78 is 0. The van der Waals surface area contributed by atoms with Gasteiger partial charge >= 0.3 is 0 Å². The fourth-order valence-corrected chi connectivity index (χ4v) is 3.18. The van der Waals surface area contributed by atoms with Gasteiger partial charge in [-0.2, -0.15) is 0 Å². The Bertz CT molecular complexity index is 752. The lowest BCUT2D eigenvalue weighted by Gasteiger charge is -2.25. The van der Waals surface area contributed by atoms with Crippen LogP contribution < -0.4 is 16.4 Å². The number of benzene rings is 2. The summed E-state index contributed by atoms with van der Waals surface area (Å²) >= 11 is 0. The Labute approximate surface area is 159 Å². The van der Waals surface area contributed by atoms with E-state index < -0.39 is 0 Å². The maximum atomic E-state index is 12.4. The van der Waals surface area contributed by atoms with E-state index in [9.17, 15) is 9.59 Å². The van der Waals surface area contributed by atoms with Crippen LogP contribution in [0.1, 0.15) is 36.0 Å². The summed E-state index contributed by atoms with van der Waals surface area (Å²) in [5.41, 5.74) is 7.88. The second-order valence-corrected chi connectivity index (χ2v) is 6.51. The zero-order chi connectivity index (χ0) is 17.6. The smallest absolute Gasteiger partial charge is 0.255 e. The van der Waals surface area contributed by atoms with Crippen LogP contribution in [0.25, 0.3) is 0 Å². The van der Waals surface area contributed by atoms with Crippen molar-refractivity contribution in [1.82, 2.24) is 0 Å². The Morgan fingerprint density at radius 1 is 0.923 bits per heavy atom. The third-order valence-electron chi connectivity index (χ3n) is 4.51. The fraction of sp³-hybridized carbons (Fsp3) is 0.300. The summed E-state index contributed by atoms with van der Waals surface area (Å²) in [4.78, 5) is 24.6. The van der Waals surface area contributed by atoms with Gasteiger partial charge in [-0.05, 0) is 49.6 Å². The number of nitrogens with one attached hydrogen (secondary N) is 2. The van der Waals surface area contributed by atoms with Crippen molar-refractivity contribution in [2.24, 2.45) is 11.7 Å². The van der Waals surface area contributed by atoms with Gasteiger partial charge in [-0.3, -0.25) is 9.59 Å². The lowest BCUT2D eigenvalue weighted by atomic mass is 9.85. The van der Waals surface area contributed by atoms with Gasteiger partial charge in [0.05, 0.1) is 0 Å². The molecule has 0 heterocycles. The molecular weight excluding hydrogens is 350 g/mol. The van der Waals surface area contributed by atoms with Gasteiger partial charge in [0.2, 0.25) is 5.91 Å². The second-order valence-electron chi connectivity index (χ2n) is 6.51. The van der Waals surface area contributed by atoms with Gasteiger partial charge in [0.1, 0.15) is 0 Å². The molecule has 0 radical (unpaired) electrons. The molecule has 0 spiro atoms. The molecule has 0 bridgehead atoms. The average molecular weight is 374 g/mol. The third kappa shape index (κ3) is 5.31. The number of hydrogen-bond acceptors (Lipinski definition) is 3. The minimum Gasteiger partial charge on any atom is -0.328 e. The molecule has 2 aromatic rings. The molecule has 4 N–H and O–H groups in total. The molecule has 2 aromatic carbocycles. The molecule has 5 nitrogen and oxygen atoms in total. The summed E-state index contributed by atoms with van der Waals surface area (Å²) in [5.74, 6) is -0.213. The Morgan fingerprint density at radius 2 is 1.62 bits per heavy atom. The number of anilines is 2. The van der Waals surface area contributed by atoms with Crippen LogP contribution in [0, 0.1) is 5.92 Å². The largest absolute Gasteiger partial charge is 0.328 e. The van der Waals surface area contributed by atoms with E-state index in [1.807, 2.05) is 30.3 Å². The Hall–Kier alpha value is -2.37. The number of rotatable bonds is 4. The van der Waals surface area contributed by atoms with Gasteiger partial charge in [0.25, 0.3) is 5.91 Å². The first-order valence-corrected chi connectivity index (χ1v) is 8.65. The standard InChI is InChI=1S/C20H23N3O2.ClH/c21-16-9-4-8-15(12-16)20(25)23-18-11-5-10-17(13-18)22-19(24)14-6-2-1-3-7-14;/h1-3,5-7,10-11,13,15-16H,4,8-9,12,21H2,(H,22,24)(H,23,25);1H. The van der Waals surface area contributed by atoms with Gasteiger partial charge in [-0.25, -0.2) is 0 Å². The molecule has 1 aliphatic rings. The lowest BCUT2D eigenvalue weighted by molar-refractivity contribution is -0.120.